The quantitative estimate of drug-likeness (QED) is 0.376. The highest BCUT2D eigenvalue weighted by Crippen LogP contribution is 2.25. The minimum Gasteiger partial charge on any atom is -0.384 e. The first kappa shape index (κ1) is 14.2. The van der Waals surface area contributed by atoms with Crippen molar-refractivity contribution in [3.8, 4) is 0 Å². The van der Waals surface area contributed by atoms with Crippen LogP contribution >= 0.6 is 22.6 Å². The van der Waals surface area contributed by atoms with Crippen LogP contribution in [0.15, 0.2) is 45.0 Å². The van der Waals surface area contributed by atoms with Gasteiger partial charge in [-0.1, -0.05) is 12.6 Å². The highest BCUT2D eigenvalue weighted by Gasteiger charge is 2.21. The van der Waals surface area contributed by atoms with Crippen LogP contribution in [0.2, 0.25) is 0 Å². The van der Waals surface area contributed by atoms with E-state index in [9.17, 15) is 4.39 Å². The van der Waals surface area contributed by atoms with Gasteiger partial charge in [-0.05, 0) is 77.3 Å². The molecule has 0 heterocycles. The second-order valence-electron chi connectivity index (χ2n) is 4.76. The predicted octanol–water partition coefficient (Wildman–Crippen LogP) is 3.55. The van der Waals surface area contributed by atoms with Crippen LogP contribution in [0.4, 0.5) is 4.39 Å². The molecule has 0 spiro atoms. The molecule has 2 N–H and O–H groups in total. The Morgan fingerprint density at radius 3 is 2.84 bits per heavy atom. The average molecular weight is 370 g/mol. The molecule has 4 heteroatoms. The van der Waals surface area contributed by atoms with Crippen molar-refractivity contribution < 1.29 is 4.39 Å². The summed E-state index contributed by atoms with van der Waals surface area (Å²) < 4.78 is 14.1. The van der Waals surface area contributed by atoms with Gasteiger partial charge >= 0.3 is 0 Å². The fourth-order valence-electron chi connectivity index (χ4n) is 2.26. The second-order valence-corrected chi connectivity index (χ2v) is 6.15. The van der Waals surface area contributed by atoms with E-state index in [1.54, 1.807) is 6.07 Å². The first-order chi connectivity index (χ1) is 8.95. The summed E-state index contributed by atoms with van der Waals surface area (Å²) in [6.45, 7) is 5.73. The molecule has 1 atom stereocenters. The number of hydrogen-bond donors (Lipinski definition) is 1. The lowest BCUT2D eigenvalue weighted by Gasteiger charge is -2.06. The van der Waals surface area contributed by atoms with E-state index < -0.39 is 0 Å². The van der Waals surface area contributed by atoms with Crippen molar-refractivity contribution >= 4 is 28.4 Å². The maximum absolute atomic E-state index is 13.1. The highest BCUT2D eigenvalue weighted by molar-refractivity contribution is 14.1. The van der Waals surface area contributed by atoms with Crippen LogP contribution < -0.4 is 5.73 Å². The zero-order valence-electron chi connectivity index (χ0n) is 10.8. The average Bonchev–Trinajstić information content (AvgIpc) is 2.69. The standard InChI is InChI=1S/C15H16FIN2/c1-9(5-10(2)17)15(18)19-14-7-11-3-4-13(16)6-12(11)8-14/h3-6,14H,2,7-8H2,1H3,(H2,18,19)/b9-5+. The molecule has 0 radical (unpaired) electrons. The van der Waals surface area contributed by atoms with Crippen LogP contribution in [0, 0.1) is 5.82 Å². The molecule has 0 saturated carbocycles. The summed E-state index contributed by atoms with van der Waals surface area (Å²) in [4.78, 5) is 4.53. The van der Waals surface area contributed by atoms with Crippen molar-refractivity contribution in [1.82, 2.24) is 0 Å². The maximum atomic E-state index is 13.1. The zero-order valence-corrected chi connectivity index (χ0v) is 12.9. The molecule has 0 bridgehead atoms. The molecule has 0 aliphatic heterocycles. The second kappa shape index (κ2) is 5.86. The maximum Gasteiger partial charge on any atom is 0.123 e. The van der Waals surface area contributed by atoms with Gasteiger partial charge in [0.2, 0.25) is 0 Å². The molecule has 1 aromatic rings. The predicted molar refractivity (Wildman–Crippen MR) is 86.1 cm³/mol. The van der Waals surface area contributed by atoms with Gasteiger partial charge in [-0.3, -0.25) is 4.99 Å². The molecule has 2 rings (SSSR count). The fraction of sp³-hybridized carbons (Fsp3) is 0.267. The summed E-state index contributed by atoms with van der Waals surface area (Å²) in [5.41, 5.74) is 9.10. The Labute approximate surface area is 126 Å². The minimum atomic E-state index is -0.186. The van der Waals surface area contributed by atoms with E-state index in [-0.39, 0.29) is 11.9 Å². The largest absolute Gasteiger partial charge is 0.384 e. The van der Waals surface area contributed by atoms with Crippen molar-refractivity contribution in [2.45, 2.75) is 25.8 Å². The smallest absolute Gasteiger partial charge is 0.123 e. The minimum absolute atomic E-state index is 0.114. The Morgan fingerprint density at radius 2 is 2.16 bits per heavy atom. The van der Waals surface area contributed by atoms with Crippen molar-refractivity contribution in [3.63, 3.8) is 0 Å². The number of fused-ring (bicyclic) bond motifs is 1. The molecule has 0 aromatic heterocycles. The van der Waals surface area contributed by atoms with Crippen LogP contribution in [0.1, 0.15) is 18.1 Å². The first-order valence-corrected chi connectivity index (χ1v) is 7.17. The number of hydrogen-bond acceptors (Lipinski definition) is 1. The third kappa shape index (κ3) is 3.65. The summed E-state index contributed by atoms with van der Waals surface area (Å²) >= 11 is 2.14. The van der Waals surface area contributed by atoms with Crippen LogP contribution in [0.5, 0.6) is 0 Å². The van der Waals surface area contributed by atoms with Gasteiger partial charge in [-0.25, -0.2) is 4.39 Å². The number of rotatable bonds is 3. The monoisotopic (exact) mass is 370 g/mol. The summed E-state index contributed by atoms with van der Waals surface area (Å²) in [6.07, 6.45) is 3.49. The lowest BCUT2D eigenvalue weighted by molar-refractivity contribution is 0.625. The number of aliphatic imine (C=N–C) groups is 1. The number of amidine groups is 1. The molecule has 0 saturated heterocycles. The lowest BCUT2D eigenvalue weighted by atomic mass is 10.1. The Morgan fingerprint density at radius 1 is 1.47 bits per heavy atom. The lowest BCUT2D eigenvalue weighted by Crippen LogP contribution is -2.18. The van der Waals surface area contributed by atoms with Gasteiger partial charge in [0.25, 0.3) is 0 Å². The number of benzene rings is 1. The Balaban J connectivity index is 2.13. The number of nitrogens with two attached hydrogens (primary N) is 1. The topological polar surface area (TPSA) is 38.4 Å². The molecular formula is C15H16FIN2. The number of allylic oxidation sites excluding steroid dienone is 2. The SMILES string of the molecule is C=C(I)/C=C(\C)C(N)=NC1Cc2ccc(F)cc2C1. The van der Waals surface area contributed by atoms with Crippen LogP contribution in [-0.2, 0) is 12.8 Å². The Bertz CT molecular complexity index is 576. The Hall–Kier alpha value is -1.17. The van der Waals surface area contributed by atoms with Crippen LogP contribution in [0.3, 0.4) is 0 Å². The molecule has 1 aliphatic rings. The number of nitrogens with zero attached hydrogens (tertiary/aromatic N) is 1. The van der Waals surface area contributed by atoms with Gasteiger partial charge in [0.05, 0.1) is 6.04 Å². The molecule has 0 amide bonds. The molecule has 1 aliphatic carbocycles. The van der Waals surface area contributed by atoms with Crippen molar-refractivity contribution in [2.75, 3.05) is 0 Å². The summed E-state index contributed by atoms with van der Waals surface area (Å²) in [5, 5.41) is 0. The molecule has 1 unspecified atom stereocenters. The van der Waals surface area contributed by atoms with E-state index in [1.807, 2.05) is 19.1 Å². The summed E-state index contributed by atoms with van der Waals surface area (Å²) in [5.74, 6) is 0.352. The van der Waals surface area contributed by atoms with Crippen LogP contribution in [-0.4, -0.2) is 11.9 Å². The van der Waals surface area contributed by atoms with Gasteiger partial charge in [-0.15, -0.1) is 0 Å². The van der Waals surface area contributed by atoms with E-state index in [0.29, 0.717) is 5.84 Å². The van der Waals surface area contributed by atoms with E-state index in [1.165, 1.54) is 11.6 Å². The van der Waals surface area contributed by atoms with E-state index in [2.05, 4.69) is 34.2 Å². The molecular weight excluding hydrogens is 354 g/mol. The number of halogens is 2. The molecule has 2 nitrogen and oxygen atoms in total. The van der Waals surface area contributed by atoms with Crippen LogP contribution in [0.25, 0.3) is 0 Å². The molecule has 19 heavy (non-hydrogen) atoms. The van der Waals surface area contributed by atoms with Crippen molar-refractivity contribution in [3.05, 3.63) is 57.0 Å². The zero-order chi connectivity index (χ0) is 14.0. The third-order valence-electron chi connectivity index (χ3n) is 3.18. The van der Waals surface area contributed by atoms with E-state index in [4.69, 9.17) is 5.73 Å². The van der Waals surface area contributed by atoms with Gasteiger partial charge in [-0.2, -0.15) is 0 Å². The van der Waals surface area contributed by atoms with Crippen molar-refractivity contribution in [2.24, 2.45) is 10.7 Å². The van der Waals surface area contributed by atoms with Gasteiger partial charge in [0.1, 0.15) is 11.7 Å². The normalized spacial score (nSPS) is 19.4. The molecule has 1 aromatic carbocycles. The van der Waals surface area contributed by atoms with E-state index >= 15 is 0 Å². The summed E-state index contributed by atoms with van der Waals surface area (Å²) in [6, 6.07) is 5.05. The van der Waals surface area contributed by atoms with Gasteiger partial charge in [0.15, 0.2) is 0 Å². The molecule has 0 fully saturated rings. The third-order valence-corrected chi connectivity index (χ3v) is 3.49. The van der Waals surface area contributed by atoms with Gasteiger partial charge in [0, 0.05) is 3.58 Å². The van der Waals surface area contributed by atoms with E-state index in [0.717, 1.165) is 27.6 Å². The van der Waals surface area contributed by atoms with Crippen molar-refractivity contribution in [1.29, 1.82) is 0 Å². The van der Waals surface area contributed by atoms with Gasteiger partial charge < -0.3 is 5.73 Å². The fourth-order valence-corrected chi connectivity index (χ4v) is 2.73. The first-order valence-electron chi connectivity index (χ1n) is 6.09. The Kier molecular flexibility index (Phi) is 4.39. The molecule has 100 valence electrons. The highest BCUT2D eigenvalue weighted by atomic mass is 127. The summed E-state index contributed by atoms with van der Waals surface area (Å²) in [7, 11) is 0.